The van der Waals surface area contributed by atoms with Crippen LogP contribution in [0.4, 0.5) is 4.39 Å². The number of nitrogens with zero attached hydrogens (tertiary/aromatic N) is 3. The van der Waals surface area contributed by atoms with Gasteiger partial charge in [0, 0.05) is 22.7 Å². The van der Waals surface area contributed by atoms with Crippen LogP contribution >= 0.6 is 11.6 Å². The van der Waals surface area contributed by atoms with E-state index in [1.807, 2.05) is 13.8 Å². The molecule has 7 heteroatoms. The zero-order chi connectivity index (χ0) is 19.0. The van der Waals surface area contributed by atoms with Gasteiger partial charge in [0.25, 0.3) is 0 Å². The number of aromatic amines is 1. The van der Waals surface area contributed by atoms with Gasteiger partial charge in [-0.1, -0.05) is 29.2 Å². The average molecular weight is 389 g/mol. The van der Waals surface area contributed by atoms with Gasteiger partial charge in [-0.25, -0.2) is 4.39 Å². The smallest absolute Gasteiger partial charge is 0.173 e. The number of likely N-dealkylation sites (tertiary alicyclic amines) is 1. The van der Waals surface area contributed by atoms with Crippen molar-refractivity contribution >= 4 is 11.6 Å². The molecule has 1 aliphatic heterocycles. The lowest BCUT2D eigenvalue weighted by Gasteiger charge is -2.35. The van der Waals surface area contributed by atoms with Crippen LogP contribution in [0.15, 0.2) is 28.9 Å². The maximum absolute atomic E-state index is 14.3. The predicted molar refractivity (Wildman–Crippen MR) is 102 cm³/mol. The normalized spacial score (nSPS) is 18.1. The van der Waals surface area contributed by atoms with Crippen LogP contribution in [-0.4, -0.2) is 26.8 Å². The van der Waals surface area contributed by atoms with E-state index in [-0.39, 0.29) is 11.9 Å². The molecule has 142 valence electrons. The Morgan fingerprint density at radius 1 is 1.33 bits per heavy atom. The highest BCUT2D eigenvalue weighted by molar-refractivity contribution is 6.31. The summed E-state index contributed by atoms with van der Waals surface area (Å²) in [4.78, 5) is 2.27. The maximum Gasteiger partial charge on any atom is 0.173 e. The summed E-state index contributed by atoms with van der Waals surface area (Å²) in [6, 6.07) is 4.93. The number of H-pyrrole nitrogens is 1. The Morgan fingerprint density at radius 3 is 2.93 bits per heavy atom. The molecule has 3 heterocycles. The van der Waals surface area contributed by atoms with E-state index in [1.54, 1.807) is 18.3 Å². The van der Waals surface area contributed by atoms with Gasteiger partial charge in [0.2, 0.25) is 0 Å². The standard InChI is InChI=1S/C20H22ClFN4O/c1-12-13(2)25-27-20(12)14-10-23-24-19(14)18-8-3-4-9-26(18)11-15-16(21)6-5-7-17(15)22/h5-7,10,18H,3-4,8-9,11H2,1-2H3,(H,23,24)/t18-/m0/s1. The van der Waals surface area contributed by atoms with Gasteiger partial charge in [-0.3, -0.25) is 10.00 Å². The fourth-order valence-electron chi connectivity index (χ4n) is 3.79. The van der Waals surface area contributed by atoms with E-state index < -0.39 is 0 Å². The van der Waals surface area contributed by atoms with Gasteiger partial charge < -0.3 is 4.52 Å². The SMILES string of the molecule is Cc1noc(-c2cn[nH]c2[C@@H]2CCCCN2Cc2c(F)cccc2Cl)c1C. The van der Waals surface area contributed by atoms with Crippen molar-refractivity contribution in [3.63, 3.8) is 0 Å². The molecule has 0 aliphatic carbocycles. The Hall–Kier alpha value is -2.18. The summed E-state index contributed by atoms with van der Waals surface area (Å²) in [5.74, 6) is 0.476. The van der Waals surface area contributed by atoms with Gasteiger partial charge in [0.1, 0.15) is 5.82 Å². The van der Waals surface area contributed by atoms with Crippen molar-refractivity contribution in [3.8, 4) is 11.3 Å². The van der Waals surface area contributed by atoms with Crippen molar-refractivity contribution in [3.05, 3.63) is 57.8 Å². The third-order valence-corrected chi connectivity index (χ3v) is 5.79. The van der Waals surface area contributed by atoms with E-state index in [0.29, 0.717) is 17.1 Å². The number of hydrogen-bond donors (Lipinski definition) is 1. The van der Waals surface area contributed by atoms with Crippen molar-refractivity contribution in [1.29, 1.82) is 0 Å². The number of halogens is 2. The molecule has 1 N–H and O–H groups in total. The number of benzene rings is 1. The first-order valence-corrected chi connectivity index (χ1v) is 9.57. The minimum atomic E-state index is -0.265. The molecule has 1 saturated heterocycles. The highest BCUT2D eigenvalue weighted by Gasteiger charge is 2.30. The average Bonchev–Trinajstić information content (AvgIpc) is 3.26. The predicted octanol–water partition coefficient (Wildman–Crippen LogP) is 5.20. The number of piperidine rings is 1. The monoisotopic (exact) mass is 388 g/mol. The van der Waals surface area contributed by atoms with Crippen LogP contribution < -0.4 is 0 Å². The van der Waals surface area contributed by atoms with Gasteiger partial charge in [-0.05, 0) is 45.4 Å². The largest absolute Gasteiger partial charge is 0.356 e. The Bertz CT molecular complexity index is 931. The van der Waals surface area contributed by atoms with Gasteiger partial charge in [-0.15, -0.1) is 0 Å². The number of nitrogens with one attached hydrogen (secondary N) is 1. The summed E-state index contributed by atoms with van der Waals surface area (Å²) in [5.41, 5.74) is 4.33. The summed E-state index contributed by atoms with van der Waals surface area (Å²) in [6.07, 6.45) is 4.93. The molecule has 1 atom stereocenters. The molecule has 0 radical (unpaired) electrons. The Kier molecular flexibility index (Phi) is 5.02. The van der Waals surface area contributed by atoms with E-state index in [1.165, 1.54) is 6.07 Å². The summed E-state index contributed by atoms with van der Waals surface area (Å²) in [7, 11) is 0. The minimum Gasteiger partial charge on any atom is -0.356 e. The van der Waals surface area contributed by atoms with Crippen molar-refractivity contribution in [2.24, 2.45) is 0 Å². The van der Waals surface area contributed by atoms with Gasteiger partial charge in [-0.2, -0.15) is 5.10 Å². The van der Waals surface area contributed by atoms with E-state index in [2.05, 4.69) is 20.3 Å². The molecule has 3 aromatic rings. The lowest BCUT2D eigenvalue weighted by molar-refractivity contribution is 0.136. The maximum atomic E-state index is 14.3. The molecule has 1 aromatic carbocycles. The fraction of sp³-hybridized carbons (Fsp3) is 0.400. The quantitative estimate of drug-likeness (QED) is 0.667. The highest BCUT2D eigenvalue weighted by atomic mass is 35.5. The number of aryl methyl sites for hydroxylation is 1. The van der Waals surface area contributed by atoms with Gasteiger partial charge >= 0.3 is 0 Å². The Morgan fingerprint density at radius 2 is 2.19 bits per heavy atom. The molecule has 4 rings (SSSR count). The molecule has 1 aliphatic rings. The molecule has 1 fully saturated rings. The molecular weight excluding hydrogens is 367 g/mol. The lowest BCUT2D eigenvalue weighted by atomic mass is 9.95. The van der Waals surface area contributed by atoms with Crippen molar-refractivity contribution in [2.45, 2.75) is 45.7 Å². The summed E-state index contributed by atoms with van der Waals surface area (Å²) in [6.45, 7) is 5.26. The van der Waals surface area contributed by atoms with E-state index in [4.69, 9.17) is 16.1 Å². The lowest BCUT2D eigenvalue weighted by Crippen LogP contribution is -2.33. The van der Waals surface area contributed by atoms with Crippen LogP contribution in [0.1, 0.15) is 47.8 Å². The zero-order valence-electron chi connectivity index (χ0n) is 15.4. The molecule has 0 spiro atoms. The third kappa shape index (κ3) is 3.39. The Balaban J connectivity index is 1.68. The summed E-state index contributed by atoms with van der Waals surface area (Å²) in [5, 5.41) is 11.9. The van der Waals surface area contributed by atoms with Gasteiger partial charge in [0.15, 0.2) is 5.76 Å². The molecule has 0 unspecified atom stereocenters. The van der Waals surface area contributed by atoms with E-state index in [9.17, 15) is 4.39 Å². The van der Waals surface area contributed by atoms with E-state index in [0.717, 1.165) is 54.1 Å². The minimum absolute atomic E-state index is 0.0942. The van der Waals surface area contributed by atoms with E-state index >= 15 is 0 Å². The molecule has 0 bridgehead atoms. The molecule has 5 nitrogen and oxygen atoms in total. The van der Waals surface area contributed by atoms with Crippen LogP contribution in [0, 0.1) is 19.7 Å². The first-order valence-electron chi connectivity index (χ1n) is 9.19. The number of hydrogen-bond acceptors (Lipinski definition) is 4. The van der Waals surface area contributed by atoms with Gasteiger partial charge in [0.05, 0.1) is 29.2 Å². The molecule has 0 amide bonds. The highest BCUT2D eigenvalue weighted by Crippen LogP contribution is 2.38. The second kappa shape index (κ2) is 7.44. The van der Waals surface area contributed by atoms with Crippen molar-refractivity contribution < 1.29 is 8.91 Å². The molecular formula is C20H22ClFN4O. The van der Waals surface area contributed by atoms with Crippen LogP contribution in [0.25, 0.3) is 11.3 Å². The van der Waals surface area contributed by atoms with Crippen LogP contribution in [-0.2, 0) is 6.54 Å². The second-order valence-corrected chi connectivity index (χ2v) is 7.51. The fourth-order valence-corrected chi connectivity index (χ4v) is 4.01. The van der Waals surface area contributed by atoms with Crippen molar-refractivity contribution in [2.75, 3.05) is 6.54 Å². The number of aromatic nitrogens is 3. The summed E-state index contributed by atoms with van der Waals surface area (Å²) < 4.78 is 19.9. The molecule has 2 aromatic heterocycles. The van der Waals surface area contributed by atoms with Crippen molar-refractivity contribution in [1.82, 2.24) is 20.3 Å². The first kappa shape index (κ1) is 18.2. The number of rotatable bonds is 4. The first-order chi connectivity index (χ1) is 13.1. The van der Waals surface area contributed by atoms with Crippen LogP contribution in [0.3, 0.4) is 0 Å². The third-order valence-electron chi connectivity index (χ3n) is 5.44. The topological polar surface area (TPSA) is 58.0 Å². The molecule has 27 heavy (non-hydrogen) atoms. The Labute approximate surface area is 162 Å². The van der Waals surface area contributed by atoms with Crippen LogP contribution in [0.2, 0.25) is 5.02 Å². The van der Waals surface area contributed by atoms with Crippen LogP contribution in [0.5, 0.6) is 0 Å². The molecule has 0 saturated carbocycles. The second-order valence-electron chi connectivity index (χ2n) is 7.10. The summed E-state index contributed by atoms with van der Waals surface area (Å²) >= 11 is 6.26. The zero-order valence-corrected chi connectivity index (χ0v) is 16.2.